The first-order valence-corrected chi connectivity index (χ1v) is 7.58. The third-order valence-corrected chi connectivity index (χ3v) is 3.24. The van der Waals surface area contributed by atoms with Crippen LogP contribution < -0.4 is 0 Å². The molecular formula is C19H26O2. The fourth-order valence-electron chi connectivity index (χ4n) is 1.97. The summed E-state index contributed by atoms with van der Waals surface area (Å²) in [4.78, 5) is 11.6. The van der Waals surface area contributed by atoms with E-state index in [0.717, 1.165) is 19.3 Å². The Labute approximate surface area is 128 Å². The maximum Gasteiger partial charge on any atom is 0.338 e. The first-order valence-electron chi connectivity index (χ1n) is 7.58. The molecule has 0 saturated carbocycles. The lowest BCUT2D eigenvalue weighted by Crippen LogP contribution is -2.04. The van der Waals surface area contributed by atoms with Gasteiger partial charge in [0.05, 0.1) is 12.2 Å². The van der Waals surface area contributed by atoms with Crippen LogP contribution in [0.1, 0.15) is 56.5 Å². The van der Waals surface area contributed by atoms with Gasteiger partial charge in [0.1, 0.15) is 0 Å². The molecule has 1 aromatic carbocycles. The van der Waals surface area contributed by atoms with Gasteiger partial charge in [-0.1, -0.05) is 35.4 Å². The van der Waals surface area contributed by atoms with Crippen LogP contribution >= 0.6 is 0 Å². The highest BCUT2D eigenvalue weighted by Gasteiger charge is 2.04. The Morgan fingerprint density at radius 1 is 1.10 bits per heavy atom. The van der Waals surface area contributed by atoms with Gasteiger partial charge in [0, 0.05) is 0 Å². The lowest BCUT2D eigenvalue weighted by molar-refractivity contribution is 0.0526. The SMILES string of the molecule is CCOC(=O)c1ccc(C/C=C(\C)CCC=C(C)C)cc1. The predicted molar refractivity (Wildman–Crippen MR) is 88.5 cm³/mol. The van der Waals surface area contributed by atoms with Crippen LogP contribution in [0.2, 0.25) is 0 Å². The van der Waals surface area contributed by atoms with Gasteiger partial charge in [-0.05, 0) is 64.7 Å². The van der Waals surface area contributed by atoms with Crippen molar-refractivity contribution in [2.24, 2.45) is 0 Å². The van der Waals surface area contributed by atoms with Crippen LogP contribution in [0.4, 0.5) is 0 Å². The maximum atomic E-state index is 11.6. The molecule has 0 aliphatic heterocycles. The molecule has 0 amide bonds. The van der Waals surface area contributed by atoms with Crippen molar-refractivity contribution < 1.29 is 9.53 Å². The lowest BCUT2D eigenvalue weighted by Gasteiger charge is -2.03. The fourth-order valence-corrected chi connectivity index (χ4v) is 1.97. The third kappa shape index (κ3) is 6.94. The van der Waals surface area contributed by atoms with E-state index in [9.17, 15) is 4.79 Å². The number of benzene rings is 1. The molecule has 0 atom stereocenters. The fraction of sp³-hybridized carbons (Fsp3) is 0.421. The lowest BCUT2D eigenvalue weighted by atomic mass is 10.0. The monoisotopic (exact) mass is 286 g/mol. The molecule has 0 aliphatic rings. The molecule has 0 bridgehead atoms. The van der Waals surface area contributed by atoms with Crippen molar-refractivity contribution in [1.29, 1.82) is 0 Å². The average Bonchev–Trinajstić information content (AvgIpc) is 2.45. The van der Waals surface area contributed by atoms with Crippen molar-refractivity contribution in [3.05, 3.63) is 58.7 Å². The first kappa shape index (κ1) is 17.2. The molecule has 0 radical (unpaired) electrons. The number of carbonyl (C=O) groups excluding carboxylic acids is 1. The van der Waals surface area contributed by atoms with E-state index in [0.29, 0.717) is 12.2 Å². The molecule has 2 nitrogen and oxygen atoms in total. The standard InChI is InChI=1S/C19H26O2/c1-5-21-19(20)18-13-11-17(12-14-18)10-9-16(4)8-6-7-15(2)3/h7,9,11-14H,5-6,8,10H2,1-4H3/b16-9+. The second kappa shape index (κ2) is 9.17. The van der Waals surface area contributed by atoms with Crippen molar-refractivity contribution in [3.63, 3.8) is 0 Å². The normalized spacial score (nSPS) is 11.1. The molecule has 21 heavy (non-hydrogen) atoms. The second-order valence-corrected chi connectivity index (χ2v) is 5.49. The quantitative estimate of drug-likeness (QED) is 0.515. The van der Waals surface area contributed by atoms with Crippen LogP contribution in [-0.4, -0.2) is 12.6 Å². The minimum absolute atomic E-state index is 0.252. The van der Waals surface area contributed by atoms with Crippen LogP contribution in [0.5, 0.6) is 0 Å². The molecule has 1 rings (SSSR count). The summed E-state index contributed by atoms with van der Waals surface area (Å²) in [6.07, 6.45) is 7.64. The summed E-state index contributed by atoms with van der Waals surface area (Å²) in [5.74, 6) is -0.252. The van der Waals surface area contributed by atoms with Gasteiger partial charge < -0.3 is 4.74 Å². The van der Waals surface area contributed by atoms with Crippen LogP contribution in [0.3, 0.4) is 0 Å². The minimum atomic E-state index is -0.252. The number of carbonyl (C=O) groups is 1. The molecule has 2 heteroatoms. The van der Waals surface area contributed by atoms with E-state index in [1.54, 1.807) is 0 Å². The van der Waals surface area contributed by atoms with Crippen LogP contribution in [0, 0.1) is 0 Å². The summed E-state index contributed by atoms with van der Waals surface area (Å²) in [6, 6.07) is 7.65. The summed E-state index contributed by atoms with van der Waals surface area (Å²) >= 11 is 0. The van der Waals surface area contributed by atoms with Gasteiger partial charge in [-0.15, -0.1) is 0 Å². The van der Waals surface area contributed by atoms with Crippen LogP contribution in [0.25, 0.3) is 0 Å². The van der Waals surface area contributed by atoms with Crippen molar-refractivity contribution in [1.82, 2.24) is 0 Å². The van der Waals surface area contributed by atoms with E-state index in [1.807, 2.05) is 31.2 Å². The molecule has 0 spiro atoms. The zero-order chi connectivity index (χ0) is 15.7. The van der Waals surface area contributed by atoms with E-state index in [2.05, 4.69) is 32.9 Å². The number of allylic oxidation sites excluding steroid dienone is 4. The smallest absolute Gasteiger partial charge is 0.338 e. The average molecular weight is 286 g/mol. The second-order valence-electron chi connectivity index (χ2n) is 5.49. The molecule has 0 saturated heterocycles. The Morgan fingerprint density at radius 3 is 2.33 bits per heavy atom. The number of hydrogen-bond donors (Lipinski definition) is 0. The number of esters is 1. The van der Waals surface area contributed by atoms with Gasteiger partial charge in [0.2, 0.25) is 0 Å². The van der Waals surface area contributed by atoms with E-state index in [4.69, 9.17) is 4.74 Å². The van der Waals surface area contributed by atoms with Crippen LogP contribution in [0.15, 0.2) is 47.6 Å². The summed E-state index contributed by atoms with van der Waals surface area (Å²) in [5, 5.41) is 0. The summed E-state index contributed by atoms with van der Waals surface area (Å²) < 4.78 is 4.97. The Kier molecular flexibility index (Phi) is 7.52. The first-order chi connectivity index (χ1) is 10.0. The van der Waals surface area contributed by atoms with E-state index in [-0.39, 0.29) is 5.97 Å². The summed E-state index contributed by atoms with van der Waals surface area (Å²) in [6.45, 7) is 8.66. The topological polar surface area (TPSA) is 26.3 Å². The molecule has 0 heterocycles. The zero-order valence-corrected chi connectivity index (χ0v) is 13.6. The summed E-state index contributed by atoms with van der Waals surface area (Å²) in [5.41, 5.74) is 4.61. The highest BCUT2D eigenvalue weighted by molar-refractivity contribution is 5.89. The van der Waals surface area contributed by atoms with Gasteiger partial charge in [-0.2, -0.15) is 0 Å². The van der Waals surface area contributed by atoms with Gasteiger partial charge in [0.25, 0.3) is 0 Å². The minimum Gasteiger partial charge on any atom is -0.462 e. The van der Waals surface area contributed by atoms with Gasteiger partial charge in [-0.3, -0.25) is 0 Å². The largest absolute Gasteiger partial charge is 0.462 e. The van der Waals surface area contributed by atoms with Gasteiger partial charge in [-0.25, -0.2) is 4.79 Å². The van der Waals surface area contributed by atoms with E-state index < -0.39 is 0 Å². The van der Waals surface area contributed by atoms with Gasteiger partial charge >= 0.3 is 5.97 Å². The van der Waals surface area contributed by atoms with Crippen molar-refractivity contribution in [2.75, 3.05) is 6.61 Å². The van der Waals surface area contributed by atoms with E-state index in [1.165, 1.54) is 16.7 Å². The molecule has 0 fully saturated rings. The Hall–Kier alpha value is -1.83. The number of hydrogen-bond acceptors (Lipinski definition) is 2. The molecule has 0 N–H and O–H groups in total. The van der Waals surface area contributed by atoms with Crippen LogP contribution in [-0.2, 0) is 11.2 Å². The Bertz CT molecular complexity index is 503. The molecule has 0 unspecified atom stereocenters. The highest BCUT2D eigenvalue weighted by atomic mass is 16.5. The Morgan fingerprint density at radius 2 is 1.76 bits per heavy atom. The third-order valence-electron chi connectivity index (χ3n) is 3.24. The molecule has 0 aromatic heterocycles. The number of ether oxygens (including phenoxy) is 1. The van der Waals surface area contributed by atoms with Crippen molar-refractivity contribution in [2.45, 2.75) is 47.0 Å². The van der Waals surface area contributed by atoms with Crippen molar-refractivity contribution in [3.8, 4) is 0 Å². The zero-order valence-electron chi connectivity index (χ0n) is 13.6. The predicted octanol–water partition coefficient (Wildman–Crippen LogP) is 5.10. The molecule has 114 valence electrons. The van der Waals surface area contributed by atoms with Crippen molar-refractivity contribution >= 4 is 5.97 Å². The van der Waals surface area contributed by atoms with Gasteiger partial charge in [0.15, 0.2) is 0 Å². The summed E-state index contributed by atoms with van der Waals surface area (Å²) in [7, 11) is 0. The highest BCUT2D eigenvalue weighted by Crippen LogP contribution is 2.11. The maximum absolute atomic E-state index is 11.6. The van der Waals surface area contributed by atoms with E-state index >= 15 is 0 Å². The molecule has 1 aromatic rings. The number of rotatable bonds is 7. The molecular weight excluding hydrogens is 260 g/mol. The molecule has 0 aliphatic carbocycles. The Balaban J connectivity index is 2.52.